The Hall–Kier alpha value is -2.82. The first-order chi connectivity index (χ1) is 15.0. The normalized spacial score (nSPS) is 18.1. The Morgan fingerprint density at radius 3 is 2.13 bits per heavy atom. The maximum absolute atomic E-state index is 13.2. The first kappa shape index (κ1) is 21.4. The largest absolute Gasteiger partial charge is 0.371 e. The van der Waals surface area contributed by atoms with Crippen LogP contribution < -0.4 is 10.2 Å². The van der Waals surface area contributed by atoms with Gasteiger partial charge >= 0.3 is 0 Å². The van der Waals surface area contributed by atoms with Gasteiger partial charge in [0.2, 0.25) is 0 Å². The number of benzene rings is 2. The van der Waals surface area contributed by atoms with Crippen LogP contribution >= 0.6 is 0 Å². The van der Waals surface area contributed by atoms with Crippen LogP contribution in [0.5, 0.6) is 0 Å². The van der Waals surface area contributed by atoms with Gasteiger partial charge < -0.3 is 15.1 Å². The van der Waals surface area contributed by atoms with Crippen LogP contribution in [0.15, 0.2) is 48.5 Å². The number of rotatable bonds is 4. The number of amides is 2. The minimum absolute atomic E-state index is 0.00598. The summed E-state index contributed by atoms with van der Waals surface area (Å²) in [6.45, 7) is 7.59. The van der Waals surface area contributed by atoms with Gasteiger partial charge in [-0.3, -0.25) is 9.59 Å². The molecule has 0 atom stereocenters. The summed E-state index contributed by atoms with van der Waals surface area (Å²) < 4.78 is 0. The topological polar surface area (TPSA) is 52.7 Å². The summed E-state index contributed by atoms with van der Waals surface area (Å²) in [5, 5.41) is 3.20. The zero-order chi connectivity index (χ0) is 21.8. The average Bonchev–Trinajstić information content (AvgIpc) is 2.80. The highest BCUT2D eigenvalue weighted by Crippen LogP contribution is 2.27. The van der Waals surface area contributed by atoms with Gasteiger partial charge in [-0.2, -0.15) is 0 Å². The maximum atomic E-state index is 13.2. The van der Waals surface area contributed by atoms with Gasteiger partial charge in [-0.05, 0) is 62.3 Å². The van der Waals surface area contributed by atoms with Gasteiger partial charge in [0.1, 0.15) is 0 Å². The number of aryl methyl sites for hydroxylation is 1. The number of carbonyl (C=O) groups excluding carboxylic acids is 2. The summed E-state index contributed by atoms with van der Waals surface area (Å²) in [5.74, 6) is 0.858. The van der Waals surface area contributed by atoms with Crippen molar-refractivity contribution in [3.63, 3.8) is 0 Å². The molecule has 2 heterocycles. The van der Waals surface area contributed by atoms with Gasteiger partial charge in [0, 0.05) is 43.5 Å². The van der Waals surface area contributed by atoms with Crippen LogP contribution in [0.1, 0.15) is 58.9 Å². The lowest BCUT2D eigenvalue weighted by atomic mass is 9.98. The van der Waals surface area contributed by atoms with E-state index in [1.807, 2.05) is 54.3 Å². The number of hydrogen-bond donors (Lipinski definition) is 1. The molecule has 31 heavy (non-hydrogen) atoms. The molecule has 2 amide bonds. The lowest BCUT2D eigenvalue weighted by Gasteiger charge is -2.36. The highest BCUT2D eigenvalue weighted by atomic mass is 16.2. The van der Waals surface area contributed by atoms with Gasteiger partial charge in [-0.1, -0.05) is 37.3 Å². The molecule has 164 valence electrons. The number of nitrogens with one attached hydrogen (secondary N) is 1. The van der Waals surface area contributed by atoms with E-state index in [0.29, 0.717) is 5.92 Å². The molecule has 2 aliphatic heterocycles. The second kappa shape index (κ2) is 9.54. The Morgan fingerprint density at radius 2 is 1.45 bits per heavy atom. The molecule has 2 saturated heterocycles. The van der Waals surface area contributed by atoms with Gasteiger partial charge in [-0.25, -0.2) is 0 Å². The van der Waals surface area contributed by atoms with E-state index in [2.05, 4.69) is 23.2 Å². The highest BCUT2D eigenvalue weighted by molar-refractivity contribution is 6.00. The van der Waals surface area contributed by atoms with Crippen LogP contribution in [0.4, 0.5) is 5.69 Å². The smallest absolute Gasteiger partial charge is 0.255 e. The SMILES string of the molecule is Cc1ccccc1C(=O)NC1CCN(c2ccccc2C(=O)N2CCC(C)CC2)CC1. The van der Waals surface area contributed by atoms with E-state index < -0.39 is 0 Å². The van der Waals surface area contributed by atoms with Crippen LogP contribution in [-0.4, -0.2) is 48.9 Å². The molecule has 0 unspecified atom stereocenters. The number of likely N-dealkylation sites (tertiary alicyclic amines) is 1. The fourth-order valence-corrected chi connectivity index (χ4v) is 4.67. The van der Waals surface area contributed by atoms with Crippen LogP contribution in [-0.2, 0) is 0 Å². The Bertz CT molecular complexity index is 926. The molecule has 2 aromatic rings. The van der Waals surface area contributed by atoms with E-state index in [4.69, 9.17) is 0 Å². The molecule has 0 aliphatic carbocycles. The molecule has 1 N–H and O–H groups in total. The molecule has 2 aromatic carbocycles. The average molecular weight is 420 g/mol. The predicted molar refractivity (Wildman–Crippen MR) is 125 cm³/mol. The summed E-state index contributed by atoms with van der Waals surface area (Å²) in [6.07, 6.45) is 3.92. The zero-order valence-electron chi connectivity index (χ0n) is 18.6. The lowest BCUT2D eigenvalue weighted by molar-refractivity contribution is 0.0697. The fourth-order valence-electron chi connectivity index (χ4n) is 4.67. The summed E-state index contributed by atoms with van der Waals surface area (Å²) in [4.78, 5) is 30.2. The molecule has 0 aromatic heterocycles. The molecule has 2 fully saturated rings. The lowest BCUT2D eigenvalue weighted by Crippen LogP contribution is -2.45. The van der Waals surface area contributed by atoms with Crippen molar-refractivity contribution in [2.45, 2.75) is 45.6 Å². The zero-order valence-corrected chi connectivity index (χ0v) is 18.6. The number of nitrogens with zero attached hydrogens (tertiary/aromatic N) is 2. The van der Waals surface area contributed by atoms with Crippen LogP contribution in [0, 0.1) is 12.8 Å². The van der Waals surface area contributed by atoms with E-state index in [1.54, 1.807) is 0 Å². The molecule has 0 spiro atoms. The van der Waals surface area contributed by atoms with Gasteiger partial charge in [0.25, 0.3) is 11.8 Å². The van der Waals surface area contributed by atoms with Crippen molar-refractivity contribution >= 4 is 17.5 Å². The summed E-state index contributed by atoms with van der Waals surface area (Å²) >= 11 is 0. The van der Waals surface area contributed by atoms with E-state index in [9.17, 15) is 9.59 Å². The monoisotopic (exact) mass is 419 g/mol. The quantitative estimate of drug-likeness (QED) is 0.805. The molecule has 4 rings (SSSR count). The van der Waals surface area contributed by atoms with Crippen molar-refractivity contribution in [2.24, 2.45) is 5.92 Å². The third-order valence-corrected chi connectivity index (χ3v) is 6.77. The third-order valence-electron chi connectivity index (χ3n) is 6.77. The Labute approximate surface area is 185 Å². The molecule has 5 nitrogen and oxygen atoms in total. The Balaban J connectivity index is 1.38. The number of piperidine rings is 2. The molecule has 0 radical (unpaired) electrons. The third kappa shape index (κ3) is 4.92. The Morgan fingerprint density at radius 1 is 0.839 bits per heavy atom. The fraction of sp³-hybridized carbons (Fsp3) is 0.462. The first-order valence-corrected chi connectivity index (χ1v) is 11.5. The summed E-state index contributed by atoms with van der Waals surface area (Å²) in [6, 6.07) is 15.9. The second-order valence-corrected chi connectivity index (χ2v) is 9.04. The van der Waals surface area contributed by atoms with Crippen LogP contribution in [0.2, 0.25) is 0 Å². The van der Waals surface area contributed by atoms with Crippen molar-refractivity contribution in [3.8, 4) is 0 Å². The summed E-state index contributed by atoms with van der Waals surface area (Å²) in [7, 11) is 0. The first-order valence-electron chi connectivity index (χ1n) is 11.5. The number of hydrogen-bond acceptors (Lipinski definition) is 3. The van der Waals surface area contributed by atoms with Crippen molar-refractivity contribution < 1.29 is 9.59 Å². The highest BCUT2D eigenvalue weighted by Gasteiger charge is 2.27. The van der Waals surface area contributed by atoms with Crippen LogP contribution in [0.3, 0.4) is 0 Å². The van der Waals surface area contributed by atoms with Crippen molar-refractivity contribution in [1.29, 1.82) is 0 Å². The Kier molecular flexibility index (Phi) is 6.59. The van der Waals surface area contributed by atoms with Gasteiger partial charge in [-0.15, -0.1) is 0 Å². The molecular formula is C26H33N3O2. The molecule has 5 heteroatoms. The number of anilines is 1. The van der Waals surface area contributed by atoms with Crippen molar-refractivity contribution in [2.75, 3.05) is 31.1 Å². The molecule has 0 bridgehead atoms. The summed E-state index contributed by atoms with van der Waals surface area (Å²) in [5.41, 5.74) is 3.57. The maximum Gasteiger partial charge on any atom is 0.255 e. The van der Waals surface area contributed by atoms with Crippen molar-refractivity contribution in [1.82, 2.24) is 10.2 Å². The minimum atomic E-state index is 0.00598. The molecular weight excluding hydrogens is 386 g/mol. The van der Waals surface area contributed by atoms with Gasteiger partial charge in [0.05, 0.1) is 5.56 Å². The van der Waals surface area contributed by atoms with E-state index in [-0.39, 0.29) is 17.9 Å². The van der Waals surface area contributed by atoms with Crippen molar-refractivity contribution in [3.05, 3.63) is 65.2 Å². The second-order valence-electron chi connectivity index (χ2n) is 9.04. The number of carbonyl (C=O) groups is 2. The van der Waals surface area contributed by atoms with E-state index in [0.717, 1.165) is 74.2 Å². The molecule has 2 aliphatic rings. The molecule has 0 saturated carbocycles. The van der Waals surface area contributed by atoms with E-state index in [1.165, 1.54) is 0 Å². The number of para-hydroxylation sites is 1. The standard InChI is InChI=1S/C26H33N3O2/c1-19-11-15-29(16-12-19)26(31)23-9-5-6-10-24(23)28-17-13-21(14-18-28)27-25(30)22-8-4-3-7-20(22)2/h3-10,19,21H,11-18H2,1-2H3,(H,27,30). The van der Waals surface area contributed by atoms with Gasteiger partial charge in [0.15, 0.2) is 0 Å². The predicted octanol–water partition coefficient (Wildman–Crippen LogP) is 4.27. The minimum Gasteiger partial charge on any atom is -0.371 e. The van der Waals surface area contributed by atoms with Crippen LogP contribution in [0.25, 0.3) is 0 Å². The van der Waals surface area contributed by atoms with E-state index >= 15 is 0 Å².